The van der Waals surface area contributed by atoms with Crippen LogP contribution in [0.3, 0.4) is 0 Å². The van der Waals surface area contributed by atoms with Crippen molar-refractivity contribution in [1.29, 1.82) is 0 Å². The monoisotopic (exact) mass is 279 g/mol. The lowest BCUT2D eigenvalue weighted by atomic mass is 10.3. The Morgan fingerprint density at radius 1 is 1.05 bits per heavy atom. The molecule has 112 valence electrons. The predicted octanol–water partition coefficient (Wildman–Crippen LogP) is 4.10. The van der Waals surface area contributed by atoms with Crippen molar-refractivity contribution in [2.45, 2.75) is 59.7 Å². The largest absolute Gasteiger partial charge is 0.691 e. The lowest BCUT2D eigenvalue weighted by molar-refractivity contribution is -0.465. The van der Waals surface area contributed by atoms with Gasteiger partial charge < -0.3 is 9.94 Å². The van der Waals surface area contributed by atoms with E-state index in [0.717, 1.165) is 0 Å². The molecule has 0 N–H and O–H groups in total. The molecule has 1 rings (SSSR count). The zero-order valence-corrected chi connectivity index (χ0v) is 13.2. The van der Waals surface area contributed by atoms with Crippen molar-refractivity contribution in [2.75, 3.05) is 0 Å². The summed E-state index contributed by atoms with van der Waals surface area (Å²) in [6, 6.07) is 7.46. The summed E-state index contributed by atoms with van der Waals surface area (Å²) >= 11 is 0. The second-order valence-corrected chi connectivity index (χ2v) is 5.56. The molecule has 1 aromatic rings. The molecule has 0 bridgehead atoms. The van der Waals surface area contributed by atoms with Crippen LogP contribution in [0.15, 0.2) is 29.5 Å². The van der Waals surface area contributed by atoms with E-state index in [1.165, 1.54) is 0 Å². The van der Waals surface area contributed by atoms with Crippen LogP contribution in [0.4, 0.5) is 5.69 Å². The van der Waals surface area contributed by atoms with Crippen molar-refractivity contribution >= 4 is 5.69 Å². The molecule has 0 unspecified atom stereocenters. The molecule has 20 heavy (non-hydrogen) atoms. The maximum Gasteiger partial charge on any atom is 0.195 e. The number of hydrogen-bond acceptors (Lipinski definition) is 3. The molecule has 0 amide bonds. The molecular formula is C15H25N3O2. The van der Waals surface area contributed by atoms with Crippen molar-refractivity contribution in [3.8, 4) is 5.75 Å². The van der Waals surface area contributed by atoms with Gasteiger partial charge >= 0.3 is 0 Å². The number of rotatable bonds is 6. The molecule has 0 fully saturated rings. The van der Waals surface area contributed by atoms with Crippen molar-refractivity contribution in [3.05, 3.63) is 29.5 Å². The van der Waals surface area contributed by atoms with Gasteiger partial charge in [-0.3, -0.25) is 0 Å². The third kappa shape index (κ3) is 4.40. The van der Waals surface area contributed by atoms with Crippen molar-refractivity contribution in [2.24, 2.45) is 5.22 Å². The van der Waals surface area contributed by atoms with Crippen LogP contribution in [0.25, 0.3) is 0 Å². The van der Waals surface area contributed by atoms with Gasteiger partial charge in [0.25, 0.3) is 0 Å². The molecule has 0 heterocycles. The third-order valence-corrected chi connectivity index (χ3v) is 2.68. The van der Waals surface area contributed by atoms with Gasteiger partial charge in [-0.25, -0.2) is 0 Å². The molecule has 5 nitrogen and oxygen atoms in total. The molecule has 5 heteroatoms. The topological polar surface area (TPSA) is 50.9 Å². The molecule has 0 radical (unpaired) electrons. The predicted molar refractivity (Wildman–Crippen MR) is 80.0 cm³/mol. The summed E-state index contributed by atoms with van der Waals surface area (Å²) in [5, 5.41) is 18.2. The van der Waals surface area contributed by atoms with E-state index in [1.807, 2.05) is 47.6 Å². The molecule has 0 aliphatic heterocycles. The Bertz CT molecular complexity index is 448. The van der Waals surface area contributed by atoms with Gasteiger partial charge in [0.05, 0.1) is 11.3 Å². The number of benzene rings is 1. The first kappa shape index (κ1) is 16.3. The SMILES string of the molecule is CC(C)Oc1ccccc1[N+]([O-])=NN(C(C)C)C(C)C. The zero-order chi connectivity index (χ0) is 15.3. The molecule has 0 aliphatic carbocycles. The van der Waals surface area contributed by atoms with Crippen molar-refractivity contribution in [1.82, 2.24) is 5.01 Å². The van der Waals surface area contributed by atoms with Gasteiger partial charge in [0, 0.05) is 0 Å². The lowest BCUT2D eigenvalue weighted by Gasteiger charge is -2.21. The zero-order valence-electron chi connectivity index (χ0n) is 13.2. The molecule has 0 aromatic heterocycles. The lowest BCUT2D eigenvalue weighted by Crippen LogP contribution is -2.33. The fourth-order valence-corrected chi connectivity index (χ4v) is 1.91. The van der Waals surface area contributed by atoms with E-state index in [-0.39, 0.29) is 18.2 Å². The second-order valence-electron chi connectivity index (χ2n) is 5.56. The van der Waals surface area contributed by atoms with E-state index in [9.17, 15) is 5.21 Å². The average molecular weight is 279 g/mol. The minimum atomic E-state index is 0.0100. The summed E-state index contributed by atoms with van der Waals surface area (Å²) in [5.74, 6) is 0.550. The molecule has 0 spiro atoms. The van der Waals surface area contributed by atoms with Crippen LogP contribution < -0.4 is 4.74 Å². The summed E-state index contributed by atoms with van der Waals surface area (Å²) in [5.41, 5.74) is 0.424. The summed E-state index contributed by atoms with van der Waals surface area (Å²) in [6.45, 7) is 11.9. The molecule has 0 atom stereocenters. The first-order chi connectivity index (χ1) is 9.32. The minimum absolute atomic E-state index is 0.0100. The van der Waals surface area contributed by atoms with Gasteiger partial charge in [0.15, 0.2) is 11.4 Å². The summed E-state index contributed by atoms with van der Waals surface area (Å²) in [7, 11) is 0. The maximum absolute atomic E-state index is 12.3. The van der Waals surface area contributed by atoms with Gasteiger partial charge in [0.2, 0.25) is 0 Å². The quantitative estimate of drug-likeness (QED) is 0.447. The van der Waals surface area contributed by atoms with Gasteiger partial charge in [-0.2, -0.15) is 5.01 Å². The summed E-state index contributed by atoms with van der Waals surface area (Å²) in [6.07, 6.45) is 0.0100. The van der Waals surface area contributed by atoms with Crippen LogP contribution in [0.2, 0.25) is 0 Å². The van der Waals surface area contributed by atoms with Gasteiger partial charge in [-0.1, -0.05) is 12.1 Å². The van der Waals surface area contributed by atoms with Crippen LogP contribution >= 0.6 is 0 Å². The highest BCUT2D eigenvalue weighted by atomic mass is 16.5. The van der Waals surface area contributed by atoms with Crippen LogP contribution in [0, 0.1) is 5.21 Å². The Morgan fingerprint density at radius 2 is 1.60 bits per heavy atom. The van der Waals surface area contributed by atoms with Gasteiger partial charge in [0.1, 0.15) is 12.1 Å². The smallest absolute Gasteiger partial charge is 0.195 e. The summed E-state index contributed by atoms with van der Waals surface area (Å²) in [4.78, 5) is 0.637. The fourth-order valence-electron chi connectivity index (χ4n) is 1.91. The Morgan fingerprint density at radius 3 is 2.10 bits per heavy atom. The van der Waals surface area contributed by atoms with E-state index in [1.54, 1.807) is 23.2 Å². The average Bonchev–Trinajstić information content (AvgIpc) is 2.34. The van der Waals surface area contributed by atoms with E-state index < -0.39 is 0 Å². The normalized spacial score (nSPS) is 12.3. The highest BCUT2D eigenvalue weighted by Crippen LogP contribution is 2.28. The number of ether oxygens (including phenoxy) is 1. The Balaban J connectivity index is 3.10. The highest BCUT2D eigenvalue weighted by Gasteiger charge is 2.20. The first-order valence-electron chi connectivity index (χ1n) is 7.05. The van der Waals surface area contributed by atoms with Crippen LogP contribution in [0.1, 0.15) is 41.5 Å². The minimum Gasteiger partial charge on any atom is -0.691 e. The number of nitrogens with zero attached hydrogens (tertiary/aromatic N) is 3. The van der Waals surface area contributed by atoms with Crippen LogP contribution in [0.5, 0.6) is 5.75 Å². The molecule has 0 aliphatic rings. The second kappa shape index (κ2) is 7.12. The standard InChI is InChI=1S/C15H25N3O2/c1-11(2)17(12(3)4)16-18(19)14-9-7-8-10-15(14)20-13(5)6/h7-13H,1-6H3. The molecular weight excluding hydrogens is 254 g/mol. The molecule has 1 aromatic carbocycles. The third-order valence-electron chi connectivity index (χ3n) is 2.68. The fraction of sp³-hybridized carbons (Fsp3) is 0.600. The van der Waals surface area contributed by atoms with E-state index in [4.69, 9.17) is 4.74 Å². The maximum atomic E-state index is 12.3. The summed E-state index contributed by atoms with van der Waals surface area (Å²) < 4.78 is 5.65. The number of para-hydroxylation sites is 2. The molecule has 0 saturated carbocycles. The van der Waals surface area contributed by atoms with E-state index in [2.05, 4.69) is 5.22 Å². The van der Waals surface area contributed by atoms with Crippen LogP contribution in [-0.2, 0) is 0 Å². The van der Waals surface area contributed by atoms with Crippen LogP contribution in [-0.4, -0.2) is 28.1 Å². The Labute approximate surface area is 121 Å². The van der Waals surface area contributed by atoms with E-state index in [0.29, 0.717) is 16.3 Å². The Kier molecular flexibility index (Phi) is 5.80. The highest BCUT2D eigenvalue weighted by molar-refractivity contribution is 5.45. The van der Waals surface area contributed by atoms with Crippen molar-refractivity contribution in [3.63, 3.8) is 0 Å². The van der Waals surface area contributed by atoms with E-state index >= 15 is 0 Å². The molecule has 0 saturated heterocycles. The van der Waals surface area contributed by atoms with Gasteiger partial charge in [-0.15, -0.1) is 4.86 Å². The van der Waals surface area contributed by atoms with Gasteiger partial charge in [-0.05, 0) is 53.7 Å². The first-order valence-corrected chi connectivity index (χ1v) is 7.05. The number of hydrogen-bond donors (Lipinski definition) is 0. The Hall–Kier alpha value is -1.78. The van der Waals surface area contributed by atoms with Crippen molar-refractivity contribution < 1.29 is 9.60 Å².